The lowest BCUT2D eigenvalue weighted by molar-refractivity contribution is -0.121. The van der Waals surface area contributed by atoms with E-state index in [0.717, 1.165) is 19.4 Å². The molecule has 1 fully saturated rings. The summed E-state index contributed by atoms with van der Waals surface area (Å²) in [5, 5.41) is 3.05. The fourth-order valence-electron chi connectivity index (χ4n) is 2.10. The van der Waals surface area contributed by atoms with Gasteiger partial charge in [0.2, 0.25) is 5.91 Å². The molecule has 0 aromatic heterocycles. The standard InChI is InChI=1S/C13H26N2OS/c1-4-13(5-2,17-3)9-15-12(16)8-11(14)10-6-7-10/h10-11H,4-9,14H2,1-3H3,(H,15,16). The molecule has 0 bridgehead atoms. The summed E-state index contributed by atoms with van der Waals surface area (Å²) < 4.78 is 0.194. The van der Waals surface area contributed by atoms with Crippen molar-refractivity contribution in [3.63, 3.8) is 0 Å². The van der Waals surface area contributed by atoms with Crippen molar-refractivity contribution in [2.24, 2.45) is 11.7 Å². The van der Waals surface area contributed by atoms with Crippen LogP contribution in [0.1, 0.15) is 46.0 Å². The van der Waals surface area contributed by atoms with Crippen LogP contribution in [0.4, 0.5) is 0 Å². The number of hydrogen-bond acceptors (Lipinski definition) is 3. The number of amides is 1. The van der Waals surface area contributed by atoms with Gasteiger partial charge in [-0.1, -0.05) is 13.8 Å². The maximum Gasteiger partial charge on any atom is 0.221 e. The lowest BCUT2D eigenvalue weighted by atomic mass is 10.0. The van der Waals surface area contributed by atoms with Crippen LogP contribution in [0.2, 0.25) is 0 Å². The van der Waals surface area contributed by atoms with Gasteiger partial charge in [0.25, 0.3) is 0 Å². The highest BCUT2D eigenvalue weighted by atomic mass is 32.2. The second-order valence-corrected chi connectivity index (χ2v) is 6.35. The van der Waals surface area contributed by atoms with Crippen LogP contribution >= 0.6 is 11.8 Å². The van der Waals surface area contributed by atoms with Crippen molar-refractivity contribution >= 4 is 17.7 Å². The predicted molar refractivity (Wildman–Crippen MR) is 75.2 cm³/mol. The number of rotatable bonds is 8. The molecule has 4 heteroatoms. The van der Waals surface area contributed by atoms with Crippen molar-refractivity contribution in [2.75, 3.05) is 12.8 Å². The van der Waals surface area contributed by atoms with Crippen molar-refractivity contribution in [3.8, 4) is 0 Å². The number of nitrogens with two attached hydrogens (primary N) is 1. The molecular weight excluding hydrogens is 232 g/mol. The van der Waals surface area contributed by atoms with Gasteiger partial charge in [-0.05, 0) is 37.9 Å². The van der Waals surface area contributed by atoms with Crippen molar-refractivity contribution in [2.45, 2.75) is 56.7 Å². The first-order valence-corrected chi connectivity index (χ1v) is 7.86. The Balaban J connectivity index is 2.30. The van der Waals surface area contributed by atoms with Crippen LogP contribution < -0.4 is 11.1 Å². The van der Waals surface area contributed by atoms with E-state index in [9.17, 15) is 4.79 Å². The Morgan fingerprint density at radius 3 is 2.47 bits per heavy atom. The van der Waals surface area contributed by atoms with E-state index >= 15 is 0 Å². The van der Waals surface area contributed by atoms with Crippen molar-refractivity contribution in [3.05, 3.63) is 0 Å². The van der Waals surface area contributed by atoms with Gasteiger partial charge in [-0.15, -0.1) is 0 Å². The molecule has 0 aromatic rings. The highest BCUT2D eigenvalue weighted by molar-refractivity contribution is 8.00. The third-order valence-electron chi connectivity index (χ3n) is 3.98. The molecule has 0 heterocycles. The molecule has 1 atom stereocenters. The molecule has 1 aliphatic rings. The molecule has 3 nitrogen and oxygen atoms in total. The monoisotopic (exact) mass is 258 g/mol. The fraction of sp³-hybridized carbons (Fsp3) is 0.923. The van der Waals surface area contributed by atoms with Gasteiger partial charge in [0.1, 0.15) is 0 Å². The number of thioether (sulfide) groups is 1. The van der Waals surface area contributed by atoms with E-state index in [2.05, 4.69) is 25.4 Å². The molecule has 17 heavy (non-hydrogen) atoms. The topological polar surface area (TPSA) is 55.1 Å². The number of carbonyl (C=O) groups is 1. The Morgan fingerprint density at radius 1 is 1.47 bits per heavy atom. The zero-order valence-corrected chi connectivity index (χ0v) is 12.1. The molecule has 1 aliphatic carbocycles. The summed E-state index contributed by atoms with van der Waals surface area (Å²) in [4.78, 5) is 11.8. The Labute approximate surface area is 109 Å². The molecule has 1 unspecified atom stereocenters. The molecule has 1 rings (SSSR count). The molecule has 0 aromatic carbocycles. The summed E-state index contributed by atoms with van der Waals surface area (Å²) in [5.74, 6) is 0.716. The van der Waals surface area contributed by atoms with Crippen LogP contribution in [-0.4, -0.2) is 29.5 Å². The van der Waals surface area contributed by atoms with Crippen LogP contribution in [0.25, 0.3) is 0 Å². The average molecular weight is 258 g/mol. The van der Waals surface area contributed by atoms with Gasteiger partial charge >= 0.3 is 0 Å². The normalized spacial score (nSPS) is 17.9. The van der Waals surface area contributed by atoms with E-state index in [1.165, 1.54) is 12.8 Å². The van der Waals surface area contributed by atoms with Gasteiger partial charge in [-0.25, -0.2) is 0 Å². The highest BCUT2D eigenvalue weighted by Gasteiger charge is 2.30. The van der Waals surface area contributed by atoms with E-state index in [-0.39, 0.29) is 16.7 Å². The maximum absolute atomic E-state index is 11.8. The maximum atomic E-state index is 11.8. The molecule has 0 saturated heterocycles. The summed E-state index contributed by atoms with van der Waals surface area (Å²) in [5.41, 5.74) is 5.95. The number of nitrogens with one attached hydrogen (secondary N) is 1. The van der Waals surface area contributed by atoms with Crippen LogP contribution in [0.5, 0.6) is 0 Å². The second-order valence-electron chi connectivity index (χ2n) is 5.08. The number of hydrogen-bond donors (Lipinski definition) is 2. The SMILES string of the molecule is CCC(CC)(CNC(=O)CC(N)C1CC1)SC. The van der Waals surface area contributed by atoms with Crippen molar-refractivity contribution in [1.82, 2.24) is 5.32 Å². The van der Waals surface area contributed by atoms with E-state index in [1.54, 1.807) is 0 Å². The Morgan fingerprint density at radius 2 is 2.06 bits per heavy atom. The smallest absolute Gasteiger partial charge is 0.221 e. The quantitative estimate of drug-likeness (QED) is 0.701. The molecule has 3 N–H and O–H groups in total. The first-order valence-electron chi connectivity index (χ1n) is 6.64. The summed E-state index contributed by atoms with van der Waals surface area (Å²) in [6, 6.07) is 0.0712. The van der Waals surface area contributed by atoms with Gasteiger partial charge in [0.05, 0.1) is 0 Å². The minimum absolute atomic E-state index is 0.0712. The van der Waals surface area contributed by atoms with Crippen LogP contribution in [0, 0.1) is 5.92 Å². The zero-order valence-electron chi connectivity index (χ0n) is 11.3. The Hall–Kier alpha value is -0.220. The first kappa shape index (κ1) is 14.8. The Kier molecular flexibility index (Phi) is 5.80. The van der Waals surface area contributed by atoms with Crippen molar-refractivity contribution in [1.29, 1.82) is 0 Å². The fourth-order valence-corrected chi connectivity index (χ4v) is 2.89. The molecule has 1 amide bonds. The summed E-state index contributed by atoms with van der Waals surface area (Å²) in [7, 11) is 0. The van der Waals surface area contributed by atoms with Gasteiger partial charge in [-0.2, -0.15) is 11.8 Å². The van der Waals surface area contributed by atoms with Gasteiger partial charge < -0.3 is 11.1 Å². The summed E-state index contributed by atoms with van der Waals surface area (Å²) >= 11 is 1.85. The lowest BCUT2D eigenvalue weighted by Crippen LogP contribution is -2.41. The minimum atomic E-state index is 0.0712. The van der Waals surface area contributed by atoms with Gasteiger partial charge in [0, 0.05) is 23.8 Å². The molecule has 100 valence electrons. The number of carbonyl (C=O) groups excluding carboxylic acids is 1. The average Bonchev–Trinajstić information content (AvgIpc) is 3.15. The van der Waals surface area contributed by atoms with Crippen LogP contribution in [-0.2, 0) is 4.79 Å². The molecule has 0 spiro atoms. The van der Waals surface area contributed by atoms with E-state index in [4.69, 9.17) is 5.73 Å². The molecule has 1 saturated carbocycles. The largest absolute Gasteiger partial charge is 0.355 e. The van der Waals surface area contributed by atoms with Crippen LogP contribution in [0.15, 0.2) is 0 Å². The van der Waals surface area contributed by atoms with E-state index in [1.807, 2.05) is 11.8 Å². The second kappa shape index (κ2) is 6.64. The van der Waals surface area contributed by atoms with Gasteiger partial charge in [0.15, 0.2) is 0 Å². The lowest BCUT2D eigenvalue weighted by Gasteiger charge is -2.30. The van der Waals surface area contributed by atoms with E-state index < -0.39 is 0 Å². The minimum Gasteiger partial charge on any atom is -0.355 e. The zero-order chi connectivity index (χ0) is 12.9. The highest BCUT2D eigenvalue weighted by Crippen LogP contribution is 2.33. The molecule has 0 radical (unpaired) electrons. The summed E-state index contributed by atoms with van der Waals surface area (Å²) in [6.07, 6.45) is 7.18. The molecule has 0 aliphatic heterocycles. The Bertz CT molecular complexity index is 242. The first-order chi connectivity index (χ1) is 8.06. The third-order valence-corrected chi connectivity index (χ3v) is 5.57. The predicted octanol–water partition coefficient (Wildman–Crippen LogP) is 2.15. The molecular formula is C13H26N2OS. The third kappa shape index (κ3) is 4.51. The van der Waals surface area contributed by atoms with Crippen molar-refractivity contribution < 1.29 is 4.79 Å². The van der Waals surface area contributed by atoms with Gasteiger partial charge in [-0.3, -0.25) is 4.79 Å². The van der Waals surface area contributed by atoms with Crippen LogP contribution in [0.3, 0.4) is 0 Å². The summed E-state index contributed by atoms with van der Waals surface area (Å²) in [6.45, 7) is 5.13. The van der Waals surface area contributed by atoms with E-state index in [0.29, 0.717) is 12.3 Å².